The maximum absolute atomic E-state index is 14.6. The van der Waals surface area contributed by atoms with E-state index < -0.39 is 62.6 Å². The fraction of sp³-hybridized carbons (Fsp3) is 0.415. The summed E-state index contributed by atoms with van der Waals surface area (Å²) in [4.78, 5) is 67.7. The van der Waals surface area contributed by atoms with E-state index in [-0.39, 0.29) is 31.7 Å². The van der Waals surface area contributed by atoms with Crippen LogP contribution in [-0.2, 0) is 40.5 Å². The molecule has 0 spiro atoms. The fourth-order valence-electron chi connectivity index (χ4n) is 7.99. The molecular formula is C41H44N6O7S. The van der Waals surface area contributed by atoms with Crippen LogP contribution in [0.5, 0.6) is 0 Å². The monoisotopic (exact) mass is 764 g/mol. The number of fused-ring (bicyclic) bond motifs is 5. The Hall–Kier alpha value is -5.37. The first-order valence-corrected chi connectivity index (χ1v) is 20.6. The van der Waals surface area contributed by atoms with Crippen LogP contribution in [0.3, 0.4) is 0 Å². The number of carbonyl (C=O) groups excluding carboxylic acids is 4. The van der Waals surface area contributed by atoms with E-state index in [4.69, 9.17) is 4.84 Å². The van der Waals surface area contributed by atoms with Gasteiger partial charge in [-0.25, -0.2) is 8.42 Å². The number of hydrogen-bond donors (Lipinski definition) is 3. The van der Waals surface area contributed by atoms with E-state index in [9.17, 15) is 27.6 Å². The van der Waals surface area contributed by atoms with Crippen molar-refractivity contribution >= 4 is 39.4 Å². The van der Waals surface area contributed by atoms with Crippen LogP contribution < -0.4 is 15.4 Å². The van der Waals surface area contributed by atoms with Gasteiger partial charge in [0.15, 0.2) is 0 Å². The van der Waals surface area contributed by atoms with Crippen LogP contribution in [0.4, 0.5) is 0 Å². The fourth-order valence-corrected chi connectivity index (χ4v) is 9.35. The summed E-state index contributed by atoms with van der Waals surface area (Å²) >= 11 is 0. The van der Waals surface area contributed by atoms with Gasteiger partial charge in [-0.15, -0.1) is 0 Å². The van der Waals surface area contributed by atoms with Crippen LogP contribution in [-0.4, -0.2) is 83.2 Å². The van der Waals surface area contributed by atoms with Gasteiger partial charge in [-0.1, -0.05) is 78.7 Å². The minimum absolute atomic E-state index is 0.00626. The molecule has 5 atom stereocenters. The van der Waals surface area contributed by atoms with E-state index in [1.165, 1.54) is 4.90 Å². The predicted molar refractivity (Wildman–Crippen MR) is 204 cm³/mol. The molecule has 55 heavy (non-hydrogen) atoms. The van der Waals surface area contributed by atoms with Crippen molar-refractivity contribution in [2.75, 3.05) is 6.54 Å². The van der Waals surface area contributed by atoms with Crippen molar-refractivity contribution in [2.24, 2.45) is 11.1 Å². The Morgan fingerprint density at radius 1 is 0.927 bits per heavy atom. The van der Waals surface area contributed by atoms with Gasteiger partial charge in [0.1, 0.15) is 29.4 Å². The van der Waals surface area contributed by atoms with E-state index in [1.807, 2.05) is 60.7 Å². The van der Waals surface area contributed by atoms with Gasteiger partial charge in [-0.3, -0.25) is 28.9 Å². The van der Waals surface area contributed by atoms with Crippen molar-refractivity contribution in [1.82, 2.24) is 25.2 Å². The van der Waals surface area contributed by atoms with Crippen molar-refractivity contribution in [3.63, 3.8) is 0 Å². The topological polar surface area (TPSA) is 176 Å². The highest BCUT2D eigenvalue weighted by Crippen LogP contribution is 2.46. The SMILES string of the molecule is O=C(Cc1ccncc1)N[C@H]1CCCCC/C=C\C2CC2(C(=O)NS(=O)(=O)C2CC2)NC(=O)[C@@H]2C[C@@H](ON=C3c4ccccc4-c4ccccc43)CN2C1=O. The number of carbonyl (C=O) groups is 4. The van der Waals surface area contributed by atoms with E-state index in [0.717, 1.165) is 40.7 Å². The number of nitrogens with zero attached hydrogens (tertiary/aromatic N) is 3. The van der Waals surface area contributed by atoms with Crippen molar-refractivity contribution in [2.45, 2.75) is 93.2 Å². The Bertz CT molecular complexity index is 2120. The second-order valence-electron chi connectivity index (χ2n) is 15.2. The normalized spacial score (nSPS) is 26.8. The number of rotatable bonds is 8. The molecule has 2 saturated carbocycles. The lowest BCUT2D eigenvalue weighted by atomic mass is 10.0. The molecule has 1 saturated heterocycles. The summed E-state index contributed by atoms with van der Waals surface area (Å²) in [5.74, 6) is -2.56. The molecule has 2 unspecified atom stereocenters. The highest BCUT2D eigenvalue weighted by Gasteiger charge is 2.62. The molecule has 3 aromatic rings. The number of nitrogens with one attached hydrogen (secondary N) is 3. The highest BCUT2D eigenvalue weighted by atomic mass is 32.2. The zero-order valence-corrected chi connectivity index (χ0v) is 31.2. The molecule has 4 amide bonds. The molecule has 8 rings (SSSR count). The maximum Gasteiger partial charge on any atom is 0.259 e. The molecule has 286 valence electrons. The van der Waals surface area contributed by atoms with Gasteiger partial charge in [-0.2, -0.15) is 0 Å². The van der Waals surface area contributed by atoms with Gasteiger partial charge in [0.25, 0.3) is 5.91 Å². The quantitative estimate of drug-likeness (QED) is 0.180. The molecular weight excluding hydrogens is 721 g/mol. The zero-order valence-electron chi connectivity index (χ0n) is 30.4. The Morgan fingerprint density at radius 3 is 2.31 bits per heavy atom. The summed E-state index contributed by atoms with van der Waals surface area (Å²) in [5, 5.41) is 9.84. The first-order chi connectivity index (χ1) is 26.6. The largest absolute Gasteiger partial charge is 0.390 e. The number of allylic oxidation sites excluding steroid dienone is 1. The standard InChI is InChI=1S/C41H44N6O7S/c48-36(22-26-18-20-42-21-19-26)43-34-15-5-3-1-2-4-10-27-24-41(27,40(51)46-55(52,53)29-16-17-29)44-38(49)35-23-28(25-47(35)39(34)50)54-45-37-32-13-8-6-11-30(32)31-12-7-9-14-33(31)37/h4,6-14,18-21,27-29,34-35H,1-3,5,15-17,22-25H2,(H,43,48)(H,44,49)(H,46,51)/b10-4-/t27?,28-,34+,35+,41?/m1/s1. The van der Waals surface area contributed by atoms with Crippen molar-refractivity contribution in [1.29, 1.82) is 0 Å². The predicted octanol–water partition coefficient (Wildman–Crippen LogP) is 3.53. The number of aromatic nitrogens is 1. The smallest absolute Gasteiger partial charge is 0.259 e. The van der Waals surface area contributed by atoms with Crippen LogP contribution in [0.25, 0.3) is 11.1 Å². The van der Waals surface area contributed by atoms with E-state index in [1.54, 1.807) is 24.5 Å². The third-order valence-corrected chi connectivity index (χ3v) is 13.1. The van der Waals surface area contributed by atoms with Crippen LogP contribution in [0.2, 0.25) is 0 Å². The van der Waals surface area contributed by atoms with Crippen molar-refractivity contribution < 1.29 is 32.4 Å². The molecule has 3 heterocycles. The summed E-state index contributed by atoms with van der Waals surface area (Å²) in [5.41, 5.74) is 3.77. The van der Waals surface area contributed by atoms with Crippen LogP contribution >= 0.6 is 0 Å². The van der Waals surface area contributed by atoms with Crippen molar-refractivity contribution in [3.8, 4) is 11.1 Å². The third kappa shape index (κ3) is 7.64. The molecule has 2 aromatic carbocycles. The summed E-state index contributed by atoms with van der Waals surface area (Å²) in [6, 6.07) is 17.3. The van der Waals surface area contributed by atoms with Gasteiger partial charge < -0.3 is 20.4 Å². The van der Waals surface area contributed by atoms with Crippen LogP contribution in [0, 0.1) is 5.92 Å². The minimum atomic E-state index is -3.88. The van der Waals surface area contributed by atoms with Crippen LogP contribution in [0.15, 0.2) is 90.4 Å². The zero-order chi connectivity index (χ0) is 38.2. The summed E-state index contributed by atoms with van der Waals surface area (Å²) in [7, 11) is -3.88. The molecule has 14 heteroatoms. The Balaban J connectivity index is 1.08. The lowest BCUT2D eigenvalue weighted by molar-refractivity contribution is -0.142. The van der Waals surface area contributed by atoms with Gasteiger partial charge in [0, 0.05) is 35.9 Å². The van der Waals surface area contributed by atoms with E-state index >= 15 is 0 Å². The number of hydrogen-bond acceptors (Lipinski definition) is 9. The van der Waals surface area contributed by atoms with E-state index in [0.29, 0.717) is 37.8 Å². The lowest BCUT2D eigenvalue weighted by Crippen LogP contribution is -2.58. The average Bonchev–Trinajstić information content (AvgIpc) is 4.09. The second-order valence-corrected chi connectivity index (χ2v) is 17.1. The lowest BCUT2D eigenvalue weighted by Gasteiger charge is -2.30. The van der Waals surface area contributed by atoms with Gasteiger partial charge in [0.2, 0.25) is 27.7 Å². The van der Waals surface area contributed by atoms with Crippen LogP contribution in [0.1, 0.15) is 74.5 Å². The second kappa shape index (κ2) is 15.0. The molecule has 13 nitrogen and oxygen atoms in total. The van der Waals surface area contributed by atoms with Gasteiger partial charge in [-0.05, 0) is 67.3 Å². The molecule has 3 aliphatic carbocycles. The first kappa shape index (κ1) is 36.6. The molecule has 0 bridgehead atoms. The number of amides is 4. The Kier molecular flexibility index (Phi) is 10.0. The maximum atomic E-state index is 14.6. The molecule has 5 aliphatic rings. The highest BCUT2D eigenvalue weighted by molar-refractivity contribution is 7.91. The number of oxime groups is 1. The number of benzene rings is 2. The minimum Gasteiger partial charge on any atom is -0.390 e. The third-order valence-electron chi connectivity index (χ3n) is 11.2. The molecule has 0 radical (unpaired) electrons. The van der Waals surface area contributed by atoms with E-state index in [2.05, 4.69) is 25.5 Å². The summed E-state index contributed by atoms with van der Waals surface area (Å²) in [6.07, 6.45) is 11.0. The van der Waals surface area contributed by atoms with Gasteiger partial charge in [0.05, 0.1) is 18.2 Å². The molecule has 1 aromatic heterocycles. The van der Waals surface area contributed by atoms with Crippen molar-refractivity contribution in [3.05, 3.63) is 102 Å². The molecule has 3 N–H and O–H groups in total. The average molecular weight is 765 g/mol. The first-order valence-electron chi connectivity index (χ1n) is 19.1. The molecule has 3 fully saturated rings. The number of sulfonamides is 1. The summed E-state index contributed by atoms with van der Waals surface area (Å²) < 4.78 is 27.9. The number of pyridine rings is 1. The Labute approximate surface area is 320 Å². The summed E-state index contributed by atoms with van der Waals surface area (Å²) in [6.45, 7) is 0.00626. The van der Waals surface area contributed by atoms with Gasteiger partial charge >= 0.3 is 0 Å². The Morgan fingerprint density at radius 2 is 1.62 bits per heavy atom. The molecule has 2 aliphatic heterocycles.